The first-order valence-corrected chi connectivity index (χ1v) is 9.53. The van der Waals surface area contributed by atoms with Gasteiger partial charge in [-0.2, -0.15) is 0 Å². The number of thioether (sulfide) groups is 1. The van der Waals surface area contributed by atoms with Crippen molar-refractivity contribution in [1.82, 2.24) is 0 Å². The highest BCUT2D eigenvalue weighted by atomic mass is 32.2. The maximum atomic E-state index is 12.2. The monoisotopic (exact) mass is 415 g/mol. The van der Waals surface area contributed by atoms with Gasteiger partial charge in [-0.05, 0) is 25.1 Å². The highest BCUT2D eigenvalue weighted by Crippen LogP contribution is 2.36. The van der Waals surface area contributed by atoms with Crippen molar-refractivity contribution in [2.45, 2.75) is 29.6 Å². The molecule has 3 rings (SSSR count). The highest BCUT2D eigenvalue weighted by Gasteiger charge is 2.30. The molecule has 2 aromatic rings. The number of anilines is 2. The first-order chi connectivity index (χ1) is 13.8. The molecule has 0 unspecified atom stereocenters. The van der Waals surface area contributed by atoms with E-state index >= 15 is 0 Å². The molecule has 0 spiro atoms. The third-order valence-electron chi connectivity index (χ3n) is 4.09. The molecule has 0 aliphatic carbocycles. The zero-order valence-corrected chi connectivity index (χ0v) is 16.1. The van der Waals surface area contributed by atoms with Crippen LogP contribution in [0.3, 0.4) is 0 Å². The Kier molecular flexibility index (Phi) is 6.13. The molecule has 2 aromatic carbocycles. The summed E-state index contributed by atoms with van der Waals surface area (Å²) < 4.78 is 5.11. The van der Waals surface area contributed by atoms with Gasteiger partial charge >= 0.3 is 5.97 Å². The molecule has 0 saturated carbocycles. The minimum absolute atomic E-state index is 0.00391. The smallest absolute Gasteiger partial charge is 0.308 e. The number of carbonyl (C=O) groups is 3. The standard InChI is InChI=1S/C19H17N3O6S/c1-11(18(24)20-12-6-2-4-8-14(12)22(26)27)28-17(23)10-16-19(25)21-13-7-3-5-9-15(13)29-16/h2-9,11,16H,10H2,1H3,(H,20,24)(H,21,25)/t11-,16-/m1/s1. The van der Waals surface area contributed by atoms with Crippen molar-refractivity contribution in [1.29, 1.82) is 0 Å². The van der Waals surface area contributed by atoms with Crippen LogP contribution in [0.2, 0.25) is 0 Å². The van der Waals surface area contributed by atoms with E-state index < -0.39 is 28.2 Å². The molecule has 150 valence electrons. The third kappa shape index (κ3) is 4.91. The van der Waals surface area contributed by atoms with Gasteiger partial charge < -0.3 is 15.4 Å². The number of ether oxygens (including phenoxy) is 1. The number of nitrogens with zero attached hydrogens (tertiary/aromatic N) is 1. The summed E-state index contributed by atoms with van der Waals surface area (Å²) in [7, 11) is 0. The number of nitrogens with one attached hydrogen (secondary N) is 2. The lowest BCUT2D eigenvalue weighted by Gasteiger charge is -2.23. The van der Waals surface area contributed by atoms with Crippen molar-refractivity contribution in [3.8, 4) is 0 Å². The Balaban J connectivity index is 1.57. The summed E-state index contributed by atoms with van der Waals surface area (Å²) >= 11 is 1.25. The predicted octanol–water partition coefficient (Wildman–Crippen LogP) is 2.97. The van der Waals surface area contributed by atoms with Crippen LogP contribution in [0.4, 0.5) is 17.1 Å². The van der Waals surface area contributed by atoms with E-state index in [1.807, 2.05) is 12.1 Å². The fourth-order valence-electron chi connectivity index (χ4n) is 2.65. The fourth-order valence-corrected chi connectivity index (χ4v) is 3.75. The normalized spacial score (nSPS) is 16.2. The van der Waals surface area contributed by atoms with Crippen LogP contribution in [0.15, 0.2) is 53.4 Å². The SMILES string of the molecule is C[C@@H](OC(=O)C[C@H]1Sc2ccccc2NC1=O)C(=O)Nc1ccccc1[N+](=O)[O-]. The molecule has 2 amide bonds. The molecular formula is C19H17N3O6S. The third-order valence-corrected chi connectivity index (χ3v) is 5.37. The first-order valence-electron chi connectivity index (χ1n) is 8.65. The fraction of sp³-hybridized carbons (Fsp3) is 0.211. The van der Waals surface area contributed by atoms with Crippen molar-refractivity contribution >= 4 is 46.6 Å². The average Bonchev–Trinajstić information content (AvgIpc) is 2.68. The van der Waals surface area contributed by atoms with E-state index in [4.69, 9.17) is 4.74 Å². The number of para-hydroxylation sites is 3. The van der Waals surface area contributed by atoms with Crippen molar-refractivity contribution in [3.05, 3.63) is 58.6 Å². The van der Waals surface area contributed by atoms with Crippen molar-refractivity contribution in [3.63, 3.8) is 0 Å². The molecule has 2 atom stereocenters. The number of benzene rings is 2. The summed E-state index contributed by atoms with van der Waals surface area (Å²) in [6.07, 6.45) is -1.40. The number of hydrogen-bond donors (Lipinski definition) is 2. The number of amides is 2. The second kappa shape index (κ2) is 8.74. The van der Waals surface area contributed by atoms with Crippen LogP contribution in [-0.2, 0) is 19.1 Å². The van der Waals surface area contributed by atoms with E-state index in [1.165, 1.54) is 43.0 Å². The molecule has 0 aromatic heterocycles. The lowest BCUT2D eigenvalue weighted by molar-refractivity contribution is -0.383. The summed E-state index contributed by atoms with van der Waals surface area (Å²) in [5.74, 6) is -1.75. The summed E-state index contributed by atoms with van der Waals surface area (Å²) in [5, 5.41) is 15.5. The predicted molar refractivity (Wildman–Crippen MR) is 107 cm³/mol. The molecular weight excluding hydrogens is 398 g/mol. The Labute approximate surface area is 170 Å². The van der Waals surface area contributed by atoms with Gasteiger partial charge in [-0.1, -0.05) is 24.3 Å². The second-order valence-electron chi connectivity index (χ2n) is 6.19. The number of nitro groups is 1. The first kappa shape index (κ1) is 20.3. The average molecular weight is 415 g/mol. The molecule has 0 saturated heterocycles. The Morgan fingerprint density at radius 1 is 1.24 bits per heavy atom. The number of carbonyl (C=O) groups excluding carboxylic acids is 3. The Morgan fingerprint density at radius 3 is 2.69 bits per heavy atom. The molecule has 1 heterocycles. The molecule has 29 heavy (non-hydrogen) atoms. The Hall–Kier alpha value is -3.40. The van der Waals surface area contributed by atoms with Crippen molar-refractivity contribution < 1.29 is 24.0 Å². The van der Waals surface area contributed by atoms with E-state index in [2.05, 4.69) is 10.6 Å². The van der Waals surface area contributed by atoms with E-state index in [9.17, 15) is 24.5 Å². The van der Waals surface area contributed by atoms with E-state index in [0.717, 1.165) is 4.90 Å². The second-order valence-corrected chi connectivity index (χ2v) is 7.44. The van der Waals surface area contributed by atoms with Gasteiger partial charge in [0.1, 0.15) is 5.69 Å². The van der Waals surface area contributed by atoms with Crippen molar-refractivity contribution in [2.75, 3.05) is 10.6 Å². The number of rotatable bonds is 6. The molecule has 0 radical (unpaired) electrons. The van der Waals surface area contributed by atoms with Gasteiger partial charge in [-0.15, -0.1) is 11.8 Å². The van der Waals surface area contributed by atoms with Gasteiger partial charge in [0.15, 0.2) is 6.10 Å². The Morgan fingerprint density at radius 2 is 1.93 bits per heavy atom. The molecule has 9 nitrogen and oxygen atoms in total. The van der Waals surface area contributed by atoms with Gasteiger partial charge in [-0.3, -0.25) is 24.5 Å². The largest absolute Gasteiger partial charge is 0.452 e. The van der Waals surface area contributed by atoms with Crippen LogP contribution in [0.1, 0.15) is 13.3 Å². The van der Waals surface area contributed by atoms with Gasteiger partial charge in [0, 0.05) is 11.0 Å². The summed E-state index contributed by atoms with van der Waals surface area (Å²) in [6, 6.07) is 12.9. The Bertz CT molecular complexity index is 980. The van der Waals surface area contributed by atoms with Crippen molar-refractivity contribution in [2.24, 2.45) is 0 Å². The lowest BCUT2D eigenvalue weighted by atomic mass is 10.2. The molecule has 1 aliphatic heterocycles. The van der Waals surface area contributed by atoms with Gasteiger partial charge in [-0.25, -0.2) is 0 Å². The summed E-state index contributed by atoms with van der Waals surface area (Å²) in [5.41, 5.74) is 0.418. The van der Waals surface area contributed by atoms with Crippen LogP contribution in [0.25, 0.3) is 0 Å². The number of nitro benzene ring substituents is 1. The molecule has 10 heteroatoms. The van der Waals surface area contributed by atoms with Crippen LogP contribution >= 0.6 is 11.8 Å². The summed E-state index contributed by atoms with van der Waals surface area (Å²) in [4.78, 5) is 47.9. The summed E-state index contributed by atoms with van der Waals surface area (Å²) in [6.45, 7) is 1.35. The molecule has 0 fully saturated rings. The van der Waals surface area contributed by atoms with Crippen LogP contribution < -0.4 is 10.6 Å². The lowest BCUT2D eigenvalue weighted by Crippen LogP contribution is -2.34. The van der Waals surface area contributed by atoms with Crippen LogP contribution in [0, 0.1) is 10.1 Å². The minimum atomic E-state index is -1.19. The van der Waals surface area contributed by atoms with Crippen LogP contribution in [-0.4, -0.2) is 34.1 Å². The van der Waals surface area contributed by atoms with Gasteiger partial charge in [0.05, 0.1) is 22.3 Å². The van der Waals surface area contributed by atoms with E-state index in [-0.39, 0.29) is 23.7 Å². The topological polar surface area (TPSA) is 128 Å². The maximum Gasteiger partial charge on any atom is 0.308 e. The van der Waals surface area contributed by atoms with E-state index in [1.54, 1.807) is 12.1 Å². The van der Waals surface area contributed by atoms with Crippen LogP contribution in [0.5, 0.6) is 0 Å². The minimum Gasteiger partial charge on any atom is -0.452 e. The highest BCUT2D eigenvalue weighted by molar-refractivity contribution is 8.01. The number of fused-ring (bicyclic) bond motifs is 1. The maximum absolute atomic E-state index is 12.2. The van der Waals surface area contributed by atoms with E-state index in [0.29, 0.717) is 5.69 Å². The van der Waals surface area contributed by atoms with Gasteiger partial charge in [0.2, 0.25) is 5.91 Å². The molecule has 0 bridgehead atoms. The zero-order valence-electron chi connectivity index (χ0n) is 15.3. The zero-order chi connectivity index (χ0) is 21.0. The number of hydrogen-bond acceptors (Lipinski definition) is 7. The number of esters is 1. The quantitative estimate of drug-likeness (QED) is 0.422. The molecule has 2 N–H and O–H groups in total. The van der Waals surface area contributed by atoms with Gasteiger partial charge in [0.25, 0.3) is 11.6 Å². The molecule has 1 aliphatic rings.